The van der Waals surface area contributed by atoms with Crippen molar-refractivity contribution in [3.05, 3.63) is 191 Å². The highest BCUT2D eigenvalue weighted by molar-refractivity contribution is 6.13. The van der Waals surface area contributed by atoms with E-state index in [-0.39, 0.29) is 0 Å². The average molecular weight is 619 g/mol. The number of hydrazone groups is 1. The Kier molecular flexibility index (Phi) is 5.59. The van der Waals surface area contributed by atoms with Crippen LogP contribution >= 0.6 is 0 Å². The van der Waals surface area contributed by atoms with E-state index >= 15 is 0 Å². The van der Waals surface area contributed by atoms with Crippen LogP contribution in [0.3, 0.4) is 0 Å². The lowest BCUT2D eigenvalue weighted by Crippen LogP contribution is -2.34. The van der Waals surface area contributed by atoms with E-state index in [1.807, 2.05) is 25.1 Å². The molecule has 1 spiro atoms. The van der Waals surface area contributed by atoms with Gasteiger partial charge in [-0.3, -0.25) is 5.43 Å². The van der Waals surface area contributed by atoms with Gasteiger partial charge in [0.25, 0.3) is 0 Å². The fraction of sp³-hybridized carbons (Fsp3) is 0.0682. The molecule has 0 bridgehead atoms. The van der Waals surface area contributed by atoms with Crippen molar-refractivity contribution in [2.24, 2.45) is 5.10 Å². The minimum absolute atomic E-state index is 0.542. The standard InChI is InChI=1S/C44H30N2O2/c1-43(29-15-3-2-4-16-29)46-45-42(48-43)40-30-17-6-5-14-28(30)26-27-33(40)34-20-13-24-38-41(34)47-39-25-12-11-23-37(39)44(38)35-21-9-7-18-31(35)32-19-8-10-22-36(32)44/h2-27,46H,1H3. The molecule has 0 radical (unpaired) electrons. The van der Waals surface area contributed by atoms with Crippen LogP contribution in [0, 0.1) is 0 Å². The van der Waals surface area contributed by atoms with Gasteiger partial charge in [-0.1, -0.05) is 152 Å². The van der Waals surface area contributed by atoms with Crippen molar-refractivity contribution in [2.45, 2.75) is 18.1 Å². The quantitative estimate of drug-likeness (QED) is 0.214. The molecule has 10 rings (SSSR count). The summed E-state index contributed by atoms with van der Waals surface area (Å²) in [6.45, 7) is 2.02. The Balaban J connectivity index is 1.24. The van der Waals surface area contributed by atoms with Gasteiger partial charge in [0, 0.05) is 29.2 Å². The molecule has 7 aromatic carbocycles. The Labute approximate surface area is 278 Å². The highest BCUT2D eigenvalue weighted by Crippen LogP contribution is 2.63. The smallest absolute Gasteiger partial charge is 0.241 e. The topological polar surface area (TPSA) is 42.9 Å². The number of hydrogen-bond acceptors (Lipinski definition) is 4. The predicted molar refractivity (Wildman–Crippen MR) is 191 cm³/mol. The van der Waals surface area contributed by atoms with Crippen LogP contribution in [-0.4, -0.2) is 5.90 Å². The van der Waals surface area contributed by atoms with Crippen LogP contribution < -0.4 is 10.2 Å². The van der Waals surface area contributed by atoms with Gasteiger partial charge in [0.1, 0.15) is 11.5 Å². The van der Waals surface area contributed by atoms with Gasteiger partial charge >= 0.3 is 0 Å². The number of hydrogen-bond donors (Lipinski definition) is 1. The number of ether oxygens (including phenoxy) is 2. The third kappa shape index (κ3) is 3.57. The summed E-state index contributed by atoms with van der Waals surface area (Å²) < 4.78 is 13.8. The molecule has 1 unspecified atom stereocenters. The SMILES string of the molecule is CC1(c2ccccc2)NN=C(c2c(-c3cccc4c3Oc3ccccc3C43c4ccccc4-c4ccccc43)ccc3ccccc23)O1. The van der Waals surface area contributed by atoms with Gasteiger partial charge in [-0.15, -0.1) is 5.10 Å². The molecular weight excluding hydrogens is 588 g/mol. The summed E-state index contributed by atoms with van der Waals surface area (Å²) in [5, 5.41) is 7.03. The summed E-state index contributed by atoms with van der Waals surface area (Å²) in [6.07, 6.45) is 0. The second kappa shape index (κ2) is 9.93. The minimum atomic E-state index is -0.808. The maximum absolute atomic E-state index is 7.02. The van der Waals surface area contributed by atoms with E-state index in [0.29, 0.717) is 5.90 Å². The molecule has 4 nitrogen and oxygen atoms in total. The lowest BCUT2D eigenvalue weighted by Gasteiger charge is -2.40. The van der Waals surface area contributed by atoms with Crippen LogP contribution in [0.4, 0.5) is 0 Å². The Morgan fingerprint density at radius 1 is 0.521 bits per heavy atom. The third-order valence-corrected chi connectivity index (χ3v) is 10.3. The van der Waals surface area contributed by atoms with Crippen molar-refractivity contribution in [1.29, 1.82) is 0 Å². The van der Waals surface area contributed by atoms with Crippen molar-refractivity contribution >= 4 is 16.7 Å². The van der Waals surface area contributed by atoms with E-state index in [0.717, 1.165) is 55.7 Å². The molecule has 1 N–H and O–H groups in total. The van der Waals surface area contributed by atoms with Gasteiger partial charge < -0.3 is 9.47 Å². The Hall–Kier alpha value is -6.13. The Morgan fingerprint density at radius 2 is 1.15 bits per heavy atom. The number of fused-ring (bicyclic) bond motifs is 10. The molecule has 0 amide bonds. The van der Waals surface area contributed by atoms with Crippen LogP contribution in [0.2, 0.25) is 0 Å². The highest BCUT2D eigenvalue weighted by Gasteiger charge is 2.51. The first kappa shape index (κ1) is 27.0. The summed E-state index contributed by atoms with van der Waals surface area (Å²) in [5.74, 6) is 2.25. The van der Waals surface area contributed by atoms with Crippen molar-refractivity contribution in [3.8, 4) is 33.8 Å². The lowest BCUT2D eigenvalue weighted by molar-refractivity contribution is 0.0672. The summed E-state index contributed by atoms with van der Waals surface area (Å²) in [4.78, 5) is 0. The van der Waals surface area contributed by atoms with E-state index in [1.54, 1.807) is 0 Å². The monoisotopic (exact) mass is 618 g/mol. The molecule has 0 saturated carbocycles. The normalized spacial score (nSPS) is 17.7. The third-order valence-electron chi connectivity index (χ3n) is 10.3. The van der Waals surface area contributed by atoms with Crippen LogP contribution in [-0.2, 0) is 15.9 Å². The van der Waals surface area contributed by atoms with Gasteiger partial charge in [0.2, 0.25) is 11.6 Å². The summed E-state index contributed by atoms with van der Waals surface area (Å²) in [7, 11) is 0. The van der Waals surface area contributed by atoms with E-state index in [4.69, 9.17) is 14.6 Å². The first-order chi connectivity index (χ1) is 23.7. The molecule has 228 valence electrons. The fourth-order valence-corrected chi connectivity index (χ4v) is 8.20. The Bertz CT molecular complexity index is 2420. The Morgan fingerprint density at radius 3 is 1.94 bits per heavy atom. The molecular formula is C44H30N2O2. The summed E-state index contributed by atoms with van der Waals surface area (Å²) >= 11 is 0. The van der Waals surface area contributed by atoms with E-state index in [9.17, 15) is 0 Å². The zero-order chi connectivity index (χ0) is 31.9. The number of rotatable bonds is 3. The lowest BCUT2D eigenvalue weighted by atomic mass is 9.65. The first-order valence-corrected chi connectivity index (χ1v) is 16.4. The molecule has 0 aromatic heterocycles. The first-order valence-electron chi connectivity index (χ1n) is 16.4. The van der Waals surface area contributed by atoms with E-state index in [2.05, 4.69) is 145 Å². The molecule has 0 saturated heterocycles. The number of para-hydroxylation sites is 2. The molecule has 2 heterocycles. The molecule has 1 atom stereocenters. The summed E-state index contributed by atoms with van der Waals surface area (Å²) in [5.41, 5.74) is 13.2. The van der Waals surface area contributed by atoms with Crippen LogP contribution in [0.1, 0.15) is 40.3 Å². The van der Waals surface area contributed by atoms with E-state index < -0.39 is 11.1 Å². The molecule has 1 aliphatic carbocycles. The second-order valence-electron chi connectivity index (χ2n) is 12.9. The summed E-state index contributed by atoms with van der Waals surface area (Å²) in [6, 6.07) is 55.7. The van der Waals surface area contributed by atoms with E-state index in [1.165, 1.54) is 22.3 Å². The fourth-order valence-electron chi connectivity index (χ4n) is 8.20. The van der Waals surface area contributed by atoms with Crippen LogP contribution in [0.25, 0.3) is 33.0 Å². The molecule has 48 heavy (non-hydrogen) atoms. The molecule has 0 fully saturated rings. The van der Waals surface area contributed by atoms with Crippen LogP contribution in [0.15, 0.2) is 163 Å². The number of benzene rings is 7. The maximum atomic E-state index is 7.02. The molecule has 7 aromatic rings. The van der Waals surface area contributed by atoms with Gasteiger partial charge in [0.15, 0.2) is 0 Å². The van der Waals surface area contributed by atoms with Crippen LogP contribution in [0.5, 0.6) is 11.5 Å². The number of nitrogens with zero attached hydrogens (tertiary/aromatic N) is 1. The second-order valence-corrected chi connectivity index (χ2v) is 12.9. The largest absolute Gasteiger partial charge is 0.456 e. The van der Waals surface area contributed by atoms with Crippen molar-refractivity contribution in [3.63, 3.8) is 0 Å². The predicted octanol–water partition coefficient (Wildman–Crippen LogP) is 10.1. The van der Waals surface area contributed by atoms with Crippen molar-refractivity contribution in [2.75, 3.05) is 0 Å². The molecule has 3 aliphatic rings. The number of nitrogens with one attached hydrogen (secondary N) is 1. The van der Waals surface area contributed by atoms with Crippen molar-refractivity contribution < 1.29 is 9.47 Å². The molecule has 4 heteroatoms. The molecule has 2 aliphatic heterocycles. The highest BCUT2D eigenvalue weighted by atomic mass is 16.5. The van der Waals surface area contributed by atoms with Gasteiger partial charge in [-0.05, 0) is 44.7 Å². The zero-order valence-electron chi connectivity index (χ0n) is 26.3. The minimum Gasteiger partial charge on any atom is -0.456 e. The van der Waals surface area contributed by atoms with Gasteiger partial charge in [-0.25, -0.2) is 0 Å². The average Bonchev–Trinajstić information content (AvgIpc) is 3.69. The van der Waals surface area contributed by atoms with Crippen molar-refractivity contribution in [1.82, 2.24) is 5.43 Å². The zero-order valence-corrected chi connectivity index (χ0v) is 26.3. The van der Waals surface area contributed by atoms with Gasteiger partial charge in [0.05, 0.1) is 11.0 Å². The maximum Gasteiger partial charge on any atom is 0.241 e. The van der Waals surface area contributed by atoms with Gasteiger partial charge in [-0.2, -0.15) is 0 Å².